The van der Waals surface area contributed by atoms with Crippen molar-refractivity contribution in [3.8, 4) is 0 Å². The van der Waals surface area contributed by atoms with Crippen LogP contribution in [0, 0.1) is 0 Å². The zero-order chi connectivity index (χ0) is 14.7. The molecule has 0 aliphatic heterocycles. The number of pyridine rings is 1. The number of nitrogens with one attached hydrogen (secondary N) is 1. The van der Waals surface area contributed by atoms with Gasteiger partial charge in [0.1, 0.15) is 0 Å². The molecule has 112 valence electrons. The van der Waals surface area contributed by atoms with Gasteiger partial charge in [-0.25, -0.2) is 4.98 Å². The van der Waals surface area contributed by atoms with Gasteiger partial charge in [0.15, 0.2) is 5.13 Å². The van der Waals surface area contributed by atoms with E-state index >= 15 is 0 Å². The van der Waals surface area contributed by atoms with Crippen LogP contribution in [0.5, 0.6) is 0 Å². The van der Waals surface area contributed by atoms with Gasteiger partial charge < -0.3 is 10.2 Å². The number of aryl methyl sites for hydroxylation is 1. The molecule has 1 N–H and O–H groups in total. The van der Waals surface area contributed by atoms with Gasteiger partial charge in [-0.15, -0.1) is 11.3 Å². The third-order valence-corrected chi connectivity index (χ3v) is 5.11. The Bertz CT molecular complexity index is 581. The first-order chi connectivity index (χ1) is 10.3. The van der Waals surface area contributed by atoms with Gasteiger partial charge in [-0.1, -0.05) is 13.0 Å². The number of thiazole rings is 1. The molecule has 0 radical (unpaired) electrons. The van der Waals surface area contributed by atoms with E-state index in [-0.39, 0.29) is 0 Å². The smallest absolute Gasteiger partial charge is 0.185 e. The van der Waals surface area contributed by atoms with Crippen LogP contribution in [0.25, 0.3) is 0 Å². The highest BCUT2D eigenvalue weighted by Crippen LogP contribution is 2.36. The molecule has 1 aliphatic rings. The summed E-state index contributed by atoms with van der Waals surface area (Å²) < 4.78 is 0. The van der Waals surface area contributed by atoms with Gasteiger partial charge in [-0.2, -0.15) is 0 Å². The third-order valence-electron chi connectivity index (χ3n) is 3.86. The quantitative estimate of drug-likeness (QED) is 0.921. The van der Waals surface area contributed by atoms with Crippen molar-refractivity contribution in [3.05, 3.63) is 40.7 Å². The maximum atomic E-state index is 4.91. The summed E-state index contributed by atoms with van der Waals surface area (Å²) in [6.07, 6.45) is 7.38. The summed E-state index contributed by atoms with van der Waals surface area (Å²) in [5.74, 6) is 0. The summed E-state index contributed by atoms with van der Waals surface area (Å²) in [6.45, 7) is 4.02. The van der Waals surface area contributed by atoms with E-state index < -0.39 is 0 Å². The Kier molecular flexibility index (Phi) is 4.51. The summed E-state index contributed by atoms with van der Waals surface area (Å²) in [5.41, 5.74) is 2.50. The molecular formula is C16H22N4S. The SMILES string of the molecule is CCNC1CCCc2sc(N(C)Cc3cccnc3)nc21. The number of rotatable bonds is 5. The molecule has 4 nitrogen and oxygen atoms in total. The summed E-state index contributed by atoms with van der Waals surface area (Å²) >= 11 is 1.85. The first-order valence-electron chi connectivity index (χ1n) is 7.61. The molecule has 0 bridgehead atoms. The van der Waals surface area contributed by atoms with Crippen LogP contribution in [-0.2, 0) is 13.0 Å². The van der Waals surface area contributed by atoms with Gasteiger partial charge in [0.05, 0.1) is 11.7 Å². The first kappa shape index (κ1) is 14.5. The topological polar surface area (TPSA) is 41.0 Å². The molecule has 0 saturated heterocycles. The highest BCUT2D eigenvalue weighted by molar-refractivity contribution is 7.15. The Morgan fingerprint density at radius 1 is 1.48 bits per heavy atom. The molecule has 2 heterocycles. The number of fused-ring (bicyclic) bond motifs is 1. The Labute approximate surface area is 130 Å². The number of hydrogen-bond acceptors (Lipinski definition) is 5. The molecule has 3 rings (SSSR count). The van der Waals surface area contributed by atoms with Gasteiger partial charge in [0.25, 0.3) is 0 Å². The monoisotopic (exact) mass is 302 g/mol. The van der Waals surface area contributed by atoms with Gasteiger partial charge in [0, 0.05) is 30.9 Å². The van der Waals surface area contributed by atoms with Gasteiger partial charge >= 0.3 is 0 Å². The zero-order valence-corrected chi connectivity index (χ0v) is 13.5. The first-order valence-corrected chi connectivity index (χ1v) is 8.42. The molecule has 2 aromatic heterocycles. The number of hydrogen-bond donors (Lipinski definition) is 1. The van der Waals surface area contributed by atoms with Crippen molar-refractivity contribution in [2.24, 2.45) is 0 Å². The van der Waals surface area contributed by atoms with Crippen molar-refractivity contribution < 1.29 is 0 Å². The maximum absolute atomic E-state index is 4.91. The average Bonchev–Trinajstić information content (AvgIpc) is 2.94. The molecule has 0 saturated carbocycles. The van der Waals surface area contributed by atoms with Crippen molar-refractivity contribution in [2.75, 3.05) is 18.5 Å². The maximum Gasteiger partial charge on any atom is 0.185 e. The zero-order valence-electron chi connectivity index (χ0n) is 12.7. The minimum absolute atomic E-state index is 0.440. The van der Waals surface area contributed by atoms with Crippen molar-refractivity contribution in [1.82, 2.24) is 15.3 Å². The van der Waals surface area contributed by atoms with Gasteiger partial charge in [-0.05, 0) is 37.4 Å². The van der Waals surface area contributed by atoms with Crippen LogP contribution in [0.2, 0.25) is 0 Å². The van der Waals surface area contributed by atoms with Crippen LogP contribution in [0.3, 0.4) is 0 Å². The molecule has 1 aliphatic carbocycles. The second-order valence-corrected chi connectivity index (χ2v) is 6.59. The van der Waals surface area contributed by atoms with Crippen LogP contribution in [0.15, 0.2) is 24.5 Å². The predicted molar refractivity (Wildman–Crippen MR) is 87.8 cm³/mol. The molecule has 0 spiro atoms. The highest BCUT2D eigenvalue weighted by atomic mass is 32.1. The second kappa shape index (κ2) is 6.54. The Balaban J connectivity index is 1.77. The number of nitrogens with zero attached hydrogens (tertiary/aromatic N) is 3. The summed E-state index contributed by atoms with van der Waals surface area (Å²) in [4.78, 5) is 12.8. The van der Waals surface area contributed by atoms with E-state index in [4.69, 9.17) is 4.98 Å². The molecule has 5 heteroatoms. The van der Waals surface area contributed by atoms with E-state index in [1.807, 2.05) is 29.8 Å². The van der Waals surface area contributed by atoms with E-state index in [0.29, 0.717) is 6.04 Å². The normalized spacial score (nSPS) is 17.5. The van der Waals surface area contributed by atoms with Crippen molar-refractivity contribution in [3.63, 3.8) is 0 Å². The van der Waals surface area contributed by atoms with Gasteiger partial charge in [0.2, 0.25) is 0 Å². The lowest BCUT2D eigenvalue weighted by Crippen LogP contribution is -2.24. The fourth-order valence-corrected chi connectivity index (χ4v) is 3.97. The Hall–Kier alpha value is -1.46. The standard InChI is InChI=1S/C16H22N4S/c1-3-18-13-7-4-8-14-15(13)19-16(21-14)20(2)11-12-6-5-9-17-10-12/h5-6,9-10,13,18H,3-4,7-8,11H2,1-2H3. The third kappa shape index (κ3) is 3.24. The van der Waals surface area contributed by atoms with Gasteiger partial charge in [-0.3, -0.25) is 4.98 Å². The molecular weight excluding hydrogens is 280 g/mol. The van der Waals surface area contributed by atoms with Crippen molar-refractivity contribution in [2.45, 2.75) is 38.8 Å². The molecule has 2 aromatic rings. The van der Waals surface area contributed by atoms with E-state index in [9.17, 15) is 0 Å². The fourth-order valence-electron chi connectivity index (χ4n) is 2.85. The van der Waals surface area contributed by atoms with Crippen LogP contribution >= 0.6 is 11.3 Å². The van der Waals surface area contributed by atoms with Crippen molar-refractivity contribution in [1.29, 1.82) is 0 Å². The lowest BCUT2D eigenvalue weighted by Gasteiger charge is -2.21. The number of anilines is 1. The highest BCUT2D eigenvalue weighted by Gasteiger charge is 2.24. The lowest BCUT2D eigenvalue weighted by molar-refractivity contribution is 0.465. The van der Waals surface area contributed by atoms with Crippen LogP contribution in [0.1, 0.15) is 41.9 Å². The molecule has 0 amide bonds. The largest absolute Gasteiger partial charge is 0.347 e. The van der Waals surface area contributed by atoms with E-state index in [1.54, 1.807) is 0 Å². The van der Waals surface area contributed by atoms with E-state index in [0.717, 1.165) is 18.2 Å². The summed E-state index contributed by atoms with van der Waals surface area (Å²) in [5, 5.41) is 4.68. The second-order valence-electron chi connectivity index (χ2n) is 5.52. The predicted octanol–water partition coefficient (Wildman–Crippen LogP) is 3.16. The molecule has 21 heavy (non-hydrogen) atoms. The lowest BCUT2D eigenvalue weighted by atomic mass is 9.98. The van der Waals surface area contributed by atoms with Crippen LogP contribution in [-0.4, -0.2) is 23.6 Å². The van der Waals surface area contributed by atoms with Crippen LogP contribution in [0.4, 0.5) is 5.13 Å². The van der Waals surface area contributed by atoms with Crippen LogP contribution < -0.4 is 10.2 Å². The molecule has 0 aromatic carbocycles. The van der Waals surface area contributed by atoms with E-state index in [1.165, 1.54) is 35.4 Å². The molecule has 1 atom stereocenters. The van der Waals surface area contributed by atoms with E-state index in [2.05, 4.69) is 35.2 Å². The minimum atomic E-state index is 0.440. The molecule has 1 unspecified atom stereocenters. The summed E-state index contributed by atoms with van der Waals surface area (Å²) in [6, 6.07) is 4.53. The summed E-state index contributed by atoms with van der Waals surface area (Å²) in [7, 11) is 2.11. The number of aromatic nitrogens is 2. The fraction of sp³-hybridized carbons (Fsp3) is 0.500. The van der Waals surface area contributed by atoms with Crippen molar-refractivity contribution >= 4 is 16.5 Å². The Morgan fingerprint density at radius 2 is 2.38 bits per heavy atom. The minimum Gasteiger partial charge on any atom is -0.347 e. The molecule has 0 fully saturated rings. The Morgan fingerprint density at radius 3 is 3.14 bits per heavy atom. The average molecular weight is 302 g/mol.